The highest BCUT2D eigenvalue weighted by atomic mass is 19.4. The van der Waals surface area contributed by atoms with E-state index in [1.165, 1.54) is 32.6 Å². The first-order valence-electron chi connectivity index (χ1n) is 15.6. The van der Waals surface area contributed by atoms with Crippen LogP contribution in [-0.4, -0.2) is 70.9 Å². The van der Waals surface area contributed by atoms with Crippen LogP contribution in [0.2, 0.25) is 0 Å². The van der Waals surface area contributed by atoms with Crippen molar-refractivity contribution in [1.29, 1.82) is 0 Å². The Labute approximate surface area is 284 Å². The highest BCUT2D eigenvalue weighted by molar-refractivity contribution is 5.81. The van der Waals surface area contributed by atoms with Gasteiger partial charge in [0.05, 0.1) is 31.3 Å². The van der Waals surface area contributed by atoms with Gasteiger partial charge in [-0.2, -0.15) is 13.2 Å². The molecule has 1 unspecified atom stereocenters. The highest BCUT2D eigenvalue weighted by Gasteiger charge is 2.54. The number of ether oxygens (including phenoxy) is 3. The van der Waals surface area contributed by atoms with Gasteiger partial charge in [-0.05, 0) is 24.1 Å². The monoisotopic (exact) mass is 695 g/mol. The van der Waals surface area contributed by atoms with Crippen molar-refractivity contribution in [2.45, 2.75) is 49.0 Å². The Morgan fingerprint density at radius 1 is 1.00 bits per heavy atom. The molecule has 4 N–H and O–H groups in total. The molecule has 2 heterocycles. The van der Waals surface area contributed by atoms with Crippen molar-refractivity contribution in [2.24, 2.45) is 0 Å². The van der Waals surface area contributed by atoms with Gasteiger partial charge in [0.2, 0.25) is 0 Å². The summed E-state index contributed by atoms with van der Waals surface area (Å²) in [6.07, 6.45) is -6.64. The van der Waals surface area contributed by atoms with E-state index < -0.39 is 53.3 Å². The zero-order valence-corrected chi connectivity index (χ0v) is 27.1. The van der Waals surface area contributed by atoms with E-state index >= 15 is 0 Å². The van der Waals surface area contributed by atoms with Crippen LogP contribution in [0.25, 0.3) is 6.08 Å². The van der Waals surface area contributed by atoms with Gasteiger partial charge in [0, 0.05) is 30.3 Å². The van der Waals surface area contributed by atoms with Crippen molar-refractivity contribution in [1.82, 2.24) is 14.9 Å². The summed E-state index contributed by atoms with van der Waals surface area (Å²) in [5.74, 6) is -1.20. The summed E-state index contributed by atoms with van der Waals surface area (Å²) < 4.78 is 56.3. The summed E-state index contributed by atoms with van der Waals surface area (Å²) in [6, 6.07) is 23.4. The second-order valence-corrected chi connectivity index (χ2v) is 11.6. The number of amides is 1. The van der Waals surface area contributed by atoms with E-state index in [4.69, 9.17) is 14.2 Å². The van der Waals surface area contributed by atoms with E-state index in [2.05, 4.69) is 4.98 Å². The Balaban J connectivity index is 1.54. The second-order valence-electron chi connectivity index (χ2n) is 11.6. The average molecular weight is 696 g/mol. The van der Waals surface area contributed by atoms with Crippen LogP contribution in [0, 0.1) is 0 Å². The van der Waals surface area contributed by atoms with Gasteiger partial charge in [0.25, 0.3) is 5.56 Å². The van der Waals surface area contributed by atoms with Gasteiger partial charge in [-0.15, -0.1) is 0 Å². The number of hydrogen-bond donors (Lipinski definition) is 4. The second kappa shape index (κ2) is 15.2. The lowest BCUT2D eigenvalue weighted by atomic mass is 9.63. The van der Waals surface area contributed by atoms with Gasteiger partial charge in [0.1, 0.15) is 29.9 Å². The van der Waals surface area contributed by atoms with Gasteiger partial charge in [0.15, 0.2) is 0 Å². The minimum Gasteiger partial charge on any atom is -0.496 e. The average Bonchev–Trinajstić information content (AvgIpc) is 3.50. The molecule has 0 aliphatic carbocycles. The van der Waals surface area contributed by atoms with Crippen LogP contribution in [-0.2, 0) is 14.9 Å². The van der Waals surface area contributed by atoms with Crippen molar-refractivity contribution < 1.29 is 42.4 Å². The molecule has 0 saturated carbocycles. The first kappa shape index (κ1) is 36.1. The maximum absolute atomic E-state index is 13.0. The third kappa shape index (κ3) is 7.08. The lowest BCUT2D eigenvalue weighted by Crippen LogP contribution is -2.51. The zero-order chi connectivity index (χ0) is 36.1. The fourth-order valence-corrected chi connectivity index (χ4v) is 6.38. The van der Waals surface area contributed by atoms with Crippen LogP contribution < -0.4 is 26.0 Å². The Bertz CT molecular complexity index is 1900. The molecule has 0 spiro atoms. The summed E-state index contributed by atoms with van der Waals surface area (Å²) in [5, 5.41) is 25.9. The lowest BCUT2D eigenvalue weighted by Gasteiger charge is -2.43. The number of benzene rings is 3. The maximum atomic E-state index is 13.0. The maximum Gasteiger partial charge on any atom is 0.471 e. The van der Waals surface area contributed by atoms with Gasteiger partial charge in [-0.3, -0.25) is 19.1 Å². The van der Waals surface area contributed by atoms with Gasteiger partial charge in [-0.1, -0.05) is 78.9 Å². The number of nitrogens with zero attached hydrogens (tertiary/aromatic N) is 1. The summed E-state index contributed by atoms with van der Waals surface area (Å²) >= 11 is 0. The number of hydrogen-bond acceptors (Lipinski definition) is 8. The topological polar surface area (TPSA) is 152 Å². The van der Waals surface area contributed by atoms with Crippen molar-refractivity contribution in [2.75, 3.05) is 20.8 Å². The quantitative estimate of drug-likeness (QED) is 0.130. The standard InChI is InChI=1S/C36H36F3N3O8/c1-48-27-17-8-6-15-24(27)35(23-13-4-3-5-14-23,25-16-7-9-18-28(25)49-2)31(44)30-26(43)20-29(50-30)42-21-22(32(45)41-34(42)47)12-10-11-19-40-33(46)36(37,38)39/h3-10,12-18,21,26,29-31,43-44H,11,19-20H2,1-2H3,(H,40,46)(H,41,45,47)/b12-10+/t26-,29+,30-,31?/m0/s1. The van der Waals surface area contributed by atoms with Crippen LogP contribution >= 0.6 is 0 Å². The molecular formula is C36H36F3N3O8. The number of rotatable bonds is 12. The number of halogens is 3. The van der Waals surface area contributed by atoms with Crippen LogP contribution in [0.4, 0.5) is 13.2 Å². The fraction of sp³-hybridized carbons (Fsp3) is 0.306. The number of para-hydroxylation sites is 2. The first-order valence-corrected chi connectivity index (χ1v) is 15.6. The molecule has 1 saturated heterocycles. The number of carbonyl (C=O) groups is 1. The van der Waals surface area contributed by atoms with E-state index in [1.807, 2.05) is 30.3 Å². The minimum atomic E-state index is -5.02. The molecular weight excluding hydrogens is 659 g/mol. The molecule has 0 radical (unpaired) electrons. The number of nitrogens with one attached hydrogen (secondary N) is 2. The number of alkyl halides is 3. The van der Waals surface area contributed by atoms with Gasteiger partial charge >= 0.3 is 17.8 Å². The number of aromatic amines is 1. The molecule has 11 nitrogen and oxygen atoms in total. The summed E-state index contributed by atoms with van der Waals surface area (Å²) in [7, 11) is 3.01. The largest absolute Gasteiger partial charge is 0.496 e. The van der Waals surface area contributed by atoms with E-state index in [0.29, 0.717) is 28.2 Å². The lowest BCUT2D eigenvalue weighted by molar-refractivity contribution is -0.173. The Morgan fingerprint density at radius 3 is 2.16 bits per heavy atom. The number of carbonyl (C=O) groups excluding carboxylic acids is 1. The molecule has 1 aliphatic heterocycles. The molecule has 4 aromatic rings. The van der Waals surface area contributed by atoms with Gasteiger partial charge < -0.3 is 29.7 Å². The van der Waals surface area contributed by atoms with Crippen molar-refractivity contribution >= 4 is 12.0 Å². The van der Waals surface area contributed by atoms with Gasteiger partial charge in [-0.25, -0.2) is 4.79 Å². The van der Waals surface area contributed by atoms with Crippen LogP contribution in [0.15, 0.2) is 101 Å². The Kier molecular flexibility index (Phi) is 10.9. The van der Waals surface area contributed by atoms with Crippen LogP contribution in [0.5, 0.6) is 11.5 Å². The SMILES string of the molecule is COc1ccccc1C(c1ccccc1)(c1ccccc1OC)C(O)[C@H]1O[C@@H](n2cc(/C=C/CCNC(=O)C(F)(F)F)c(=O)[nH]c2=O)C[C@@H]1O. The fourth-order valence-electron chi connectivity index (χ4n) is 6.38. The molecule has 3 aromatic carbocycles. The number of aliphatic hydroxyl groups is 2. The molecule has 1 fully saturated rings. The normalized spacial score (nSPS) is 18.6. The van der Waals surface area contributed by atoms with Crippen molar-refractivity contribution in [3.05, 3.63) is 134 Å². The molecule has 264 valence electrons. The predicted molar refractivity (Wildman–Crippen MR) is 177 cm³/mol. The Hall–Kier alpha value is -5.18. The van der Waals surface area contributed by atoms with E-state index in [1.54, 1.807) is 53.8 Å². The molecule has 0 bridgehead atoms. The van der Waals surface area contributed by atoms with E-state index in [0.717, 1.165) is 4.57 Å². The van der Waals surface area contributed by atoms with Crippen LogP contribution in [0.3, 0.4) is 0 Å². The Morgan fingerprint density at radius 2 is 1.58 bits per heavy atom. The third-order valence-corrected chi connectivity index (χ3v) is 8.64. The molecule has 50 heavy (non-hydrogen) atoms. The number of aliphatic hydroxyl groups excluding tert-OH is 2. The highest BCUT2D eigenvalue weighted by Crippen LogP contribution is 2.51. The van der Waals surface area contributed by atoms with E-state index in [-0.39, 0.29) is 24.9 Å². The molecule has 4 atom stereocenters. The first-order chi connectivity index (χ1) is 23.9. The van der Waals surface area contributed by atoms with Crippen LogP contribution in [0.1, 0.15) is 41.3 Å². The molecule has 1 aromatic heterocycles. The summed E-state index contributed by atoms with van der Waals surface area (Å²) in [4.78, 5) is 38.8. The summed E-state index contributed by atoms with van der Waals surface area (Å²) in [6.45, 7) is -0.342. The van der Waals surface area contributed by atoms with E-state index in [9.17, 15) is 37.8 Å². The number of aromatic nitrogens is 2. The number of H-pyrrole nitrogens is 1. The van der Waals surface area contributed by atoms with Crippen molar-refractivity contribution in [3.8, 4) is 11.5 Å². The smallest absolute Gasteiger partial charge is 0.471 e. The van der Waals surface area contributed by atoms with Crippen molar-refractivity contribution in [3.63, 3.8) is 0 Å². The molecule has 1 amide bonds. The third-order valence-electron chi connectivity index (χ3n) is 8.64. The minimum absolute atomic E-state index is 0.0319. The molecule has 5 rings (SSSR count). The zero-order valence-electron chi connectivity index (χ0n) is 27.1. The number of methoxy groups -OCH3 is 2. The summed E-state index contributed by atoms with van der Waals surface area (Å²) in [5.41, 5.74) is -1.40. The molecule has 1 aliphatic rings. The molecule has 14 heteroatoms. The predicted octanol–water partition coefficient (Wildman–Crippen LogP) is 3.68.